The van der Waals surface area contributed by atoms with Gasteiger partial charge in [0.1, 0.15) is 0 Å². The van der Waals surface area contributed by atoms with Crippen LogP contribution in [0.4, 0.5) is 0 Å². The number of nitrogens with zero attached hydrogens (tertiary/aromatic N) is 2. The molecule has 0 rings (SSSR count). The summed E-state index contributed by atoms with van der Waals surface area (Å²) in [6, 6.07) is 0. The Hall–Kier alpha value is -1.44. The topological polar surface area (TPSA) is 118 Å². The van der Waals surface area contributed by atoms with Gasteiger partial charge >= 0.3 is 0 Å². The Balaban J connectivity index is 3.93. The Bertz CT molecular complexity index is 397. The molecule has 0 aromatic heterocycles. The SMILES string of the molecule is CCC(N)=CC(CCCCCOC(CCN=CCO)CCNC)=NN. The summed E-state index contributed by atoms with van der Waals surface area (Å²) in [4.78, 5) is 4.14. The minimum atomic E-state index is -0.00474. The van der Waals surface area contributed by atoms with Gasteiger partial charge in [0.15, 0.2) is 0 Å². The molecular formula is C18H37N5O2. The number of rotatable bonds is 16. The van der Waals surface area contributed by atoms with Crippen molar-refractivity contribution in [3.63, 3.8) is 0 Å². The first-order valence-corrected chi connectivity index (χ1v) is 9.26. The molecule has 0 fully saturated rings. The van der Waals surface area contributed by atoms with Crippen LogP contribution in [0.1, 0.15) is 51.9 Å². The van der Waals surface area contributed by atoms with Crippen LogP contribution in [0.2, 0.25) is 0 Å². The fourth-order valence-corrected chi connectivity index (χ4v) is 2.31. The van der Waals surface area contributed by atoms with Crippen LogP contribution in [-0.4, -0.2) is 56.5 Å². The van der Waals surface area contributed by atoms with E-state index >= 15 is 0 Å². The predicted molar refractivity (Wildman–Crippen MR) is 106 cm³/mol. The van der Waals surface area contributed by atoms with Gasteiger partial charge in [-0.1, -0.05) is 13.3 Å². The van der Waals surface area contributed by atoms with Crippen LogP contribution in [-0.2, 0) is 4.74 Å². The normalized spacial score (nSPS) is 14.4. The summed E-state index contributed by atoms with van der Waals surface area (Å²) in [7, 11) is 1.94. The van der Waals surface area contributed by atoms with Crippen molar-refractivity contribution in [3.8, 4) is 0 Å². The molecule has 0 amide bonds. The zero-order valence-electron chi connectivity index (χ0n) is 15.9. The Kier molecular flexibility index (Phi) is 16.4. The minimum Gasteiger partial charge on any atom is -0.402 e. The molecule has 0 saturated heterocycles. The molecule has 1 atom stereocenters. The highest BCUT2D eigenvalue weighted by atomic mass is 16.5. The number of hydrogen-bond donors (Lipinski definition) is 4. The number of aliphatic imine (C=N–C) groups is 1. The van der Waals surface area contributed by atoms with Crippen LogP contribution in [0.15, 0.2) is 21.9 Å². The second-order valence-electron chi connectivity index (χ2n) is 5.95. The van der Waals surface area contributed by atoms with E-state index in [2.05, 4.69) is 15.4 Å². The van der Waals surface area contributed by atoms with Gasteiger partial charge < -0.3 is 26.7 Å². The number of ether oxygens (including phenoxy) is 1. The van der Waals surface area contributed by atoms with Gasteiger partial charge in [-0.25, -0.2) is 0 Å². The number of hydrogen-bond acceptors (Lipinski definition) is 7. The van der Waals surface area contributed by atoms with E-state index in [0.717, 1.165) is 69.5 Å². The summed E-state index contributed by atoms with van der Waals surface area (Å²) in [6.45, 7) is 4.37. The Morgan fingerprint density at radius 2 is 2.08 bits per heavy atom. The third kappa shape index (κ3) is 14.6. The molecule has 0 aromatic carbocycles. The molecule has 1 unspecified atom stereocenters. The van der Waals surface area contributed by atoms with E-state index < -0.39 is 0 Å². The molecule has 0 spiro atoms. The predicted octanol–water partition coefficient (Wildman–Crippen LogP) is 1.56. The number of nitrogens with one attached hydrogen (secondary N) is 1. The van der Waals surface area contributed by atoms with E-state index in [-0.39, 0.29) is 12.7 Å². The number of hydrazone groups is 1. The fraction of sp³-hybridized carbons (Fsp3) is 0.778. The number of aliphatic hydroxyl groups excluding tert-OH is 1. The summed E-state index contributed by atoms with van der Waals surface area (Å²) < 4.78 is 5.98. The second-order valence-corrected chi connectivity index (χ2v) is 5.95. The van der Waals surface area contributed by atoms with Gasteiger partial charge in [0.25, 0.3) is 0 Å². The molecule has 146 valence electrons. The van der Waals surface area contributed by atoms with E-state index in [0.29, 0.717) is 6.54 Å². The van der Waals surface area contributed by atoms with Crippen molar-refractivity contribution in [2.75, 3.05) is 33.4 Å². The molecule has 7 heteroatoms. The largest absolute Gasteiger partial charge is 0.402 e. The molecule has 0 aliphatic carbocycles. The van der Waals surface area contributed by atoms with Crippen molar-refractivity contribution in [2.45, 2.75) is 58.0 Å². The second kappa shape index (κ2) is 17.4. The smallest absolute Gasteiger partial charge is 0.0779 e. The van der Waals surface area contributed by atoms with Crippen molar-refractivity contribution in [3.05, 3.63) is 11.8 Å². The third-order valence-electron chi connectivity index (χ3n) is 3.86. The molecule has 25 heavy (non-hydrogen) atoms. The number of allylic oxidation sites excluding steroid dienone is 2. The van der Waals surface area contributed by atoms with E-state index in [1.807, 2.05) is 20.0 Å². The average Bonchev–Trinajstić information content (AvgIpc) is 2.63. The van der Waals surface area contributed by atoms with Crippen molar-refractivity contribution >= 4 is 11.9 Å². The van der Waals surface area contributed by atoms with E-state index in [9.17, 15) is 0 Å². The number of unbranched alkanes of at least 4 members (excludes halogenated alkanes) is 2. The lowest BCUT2D eigenvalue weighted by atomic mass is 10.1. The molecule has 0 bridgehead atoms. The lowest BCUT2D eigenvalue weighted by molar-refractivity contribution is 0.0415. The van der Waals surface area contributed by atoms with Gasteiger partial charge in [-0.2, -0.15) is 5.10 Å². The molecule has 0 aliphatic heterocycles. The Labute approximate surface area is 152 Å². The zero-order chi connectivity index (χ0) is 18.8. The quantitative estimate of drug-likeness (QED) is 0.145. The third-order valence-corrected chi connectivity index (χ3v) is 3.86. The van der Waals surface area contributed by atoms with Gasteiger partial charge in [0.05, 0.1) is 18.4 Å². The van der Waals surface area contributed by atoms with E-state index in [1.54, 1.807) is 0 Å². The van der Waals surface area contributed by atoms with Crippen LogP contribution in [0.3, 0.4) is 0 Å². The van der Waals surface area contributed by atoms with E-state index in [4.69, 9.17) is 21.4 Å². The van der Waals surface area contributed by atoms with Crippen molar-refractivity contribution < 1.29 is 9.84 Å². The molecule has 6 N–H and O–H groups in total. The summed E-state index contributed by atoms with van der Waals surface area (Å²) in [5.74, 6) is 5.40. The van der Waals surface area contributed by atoms with Crippen molar-refractivity contribution in [1.82, 2.24) is 5.32 Å². The molecular weight excluding hydrogens is 318 g/mol. The molecule has 0 radical (unpaired) electrons. The van der Waals surface area contributed by atoms with Crippen molar-refractivity contribution in [1.29, 1.82) is 0 Å². The van der Waals surface area contributed by atoms with Crippen LogP contribution < -0.4 is 16.9 Å². The first-order valence-electron chi connectivity index (χ1n) is 9.26. The van der Waals surface area contributed by atoms with E-state index in [1.165, 1.54) is 6.21 Å². The maximum absolute atomic E-state index is 8.70. The van der Waals surface area contributed by atoms with Crippen molar-refractivity contribution in [2.24, 2.45) is 21.7 Å². The maximum Gasteiger partial charge on any atom is 0.0779 e. The van der Waals surface area contributed by atoms with Gasteiger partial charge in [-0.3, -0.25) is 4.99 Å². The van der Waals surface area contributed by atoms with Gasteiger partial charge in [0.2, 0.25) is 0 Å². The van der Waals surface area contributed by atoms with Gasteiger partial charge in [-0.05, 0) is 58.2 Å². The molecule has 0 heterocycles. The Morgan fingerprint density at radius 1 is 1.28 bits per heavy atom. The summed E-state index contributed by atoms with van der Waals surface area (Å²) in [6.07, 6.45) is 10.2. The van der Waals surface area contributed by atoms with Crippen LogP contribution in [0, 0.1) is 0 Å². The number of nitrogens with two attached hydrogens (primary N) is 2. The standard InChI is InChI=1S/C18H37N5O2/c1-3-16(19)15-17(23-20)7-5-4-6-14-25-18(8-10-21-2)9-11-22-12-13-24/h12,15,18,21,24H,3-11,13-14,19-20H2,1-2H3. The van der Waals surface area contributed by atoms with Crippen LogP contribution in [0.5, 0.6) is 0 Å². The molecule has 0 aromatic rings. The number of aliphatic hydroxyl groups is 1. The lowest BCUT2D eigenvalue weighted by Crippen LogP contribution is -2.21. The fourth-order valence-electron chi connectivity index (χ4n) is 2.31. The Morgan fingerprint density at radius 3 is 2.72 bits per heavy atom. The molecule has 0 aliphatic rings. The summed E-state index contributed by atoms with van der Waals surface area (Å²) in [5, 5.41) is 15.6. The first-order chi connectivity index (χ1) is 12.2. The first kappa shape index (κ1) is 23.6. The van der Waals surface area contributed by atoms with Crippen LogP contribution in [0.25, 0.3) is 0 Å². The highest BCUT2D eigenvalue weighted by Gasteiger charge is 2.08. The minimum absolute atomic E-state index is 0.00474. The summed E-state index contributed by atoms with van der Waals surface area (Å²) in [5.41, 5.74) is 7.47. The zero-order valence-corrected chi connectivity index (χ0v) is 15.9. The highest BCUT2D eigenvalue weighted by Crippen LogP contribution is 2.08. The highest BCUT2D eigenvalue weighted by molar-refractivity contribution is 5.95. The molecule has 7 nitrogen and oxygen atoms in total. The molecule has 0 saturated carbocycles. The summed E-state index contributed by atoms with van der Waals surface area (Å²) >= 11 is 0. The lowest BCUT2D eigenvalue weighted by Gasteiger charge is -2.17. The maximum atomic E-state index is 8.70. The average molecular weight is 356 g/mol. The van der Waals surface area contributed by atoms with Crippen LogP contribution >= 0.6 is 0 Å². The van der Waals surface area contributed by atoms with Gasteiger partial charge in [-0.15, -0.1) is 0 Å². The van der Waals surface area contributed by atoms with Gasteiger partial charge in [0, 0.05) is 25.1 Å². The monoisotopic (exact) mass is 355 g/mol.